The van der Waals surface area contributed by atoms with Gasteiger partial charge in [0.25, 0.3) is 0 Å². The SMILES string of the molecule is COc1ccccc1CN(CC(O)CN1CCOCC1)C1CC1. The molecular formula is C18H28N2O3. The summed E-state index contributed by atoms with van der Waals surface area (Å²) in [5, 5.41) is 10.5. The Hall–Kier alpha value is -1.14. The van der Waals surface area contributed by atoms with Crippen molar-refractivity contribution in [2.45, 2.75) is 31.5 Å². The van der Waals surface area contributed by atoms with Crippen LogP contribution in [0.3, 0.4) is 0 Å². The van der Waals surface area contributed by atoms with Crippen molar-refractivity contribution in [3.63, 3.8) is 0 Å². The van der Waals surface area contributed by atoms with Gasteiger partial charge in [-0.3, -0.25) is 9.80 Å². The Balaban J connectivity index is 1.56. The minimum Gasteiger partial charge on any atom is -0.496 e. The van der Waals surface area contributed by atoms with Crippen LogP contribution in [0.15, 0.2) is 24.3 Å². The minimum absolute atomic E-state index is 0.316. The summed E-state index contributed by atoms with van der Waals surface area (Å²) in [5.41, 5.74) is 1.19. The Kier molecular flexibility index (Phi) is 5.89. The van der Waals surface area contributed by atoms with Crippen molar-refractivity contribution in [3.05, 3.63) is 29.8 Å². The molecule has 1 N–H and O–H groups in total. The van der Waals surface area contributed by atoms with E-state index in [1.54, 1.807) is 7.11 Å². The van der Waals surface area contributed by atoms with Gasteiger partial charge < -0.3 is 14.6 Å². The molecule has 0 spiro atoms. The summed E-state index contributed by atoms with van der Waals surface area (Å²) in [6, 6.07) is 8.77. The molecule has 1 aromatic rings. The first kappa shape index (κ1) is 16.7. The van der Waals surface area contributed by atoms with Gasteiger partial charge in [-0.25, -0.2) is 0 Å². The van der Waals surface area contributed by atoms with Crippen molar-refractivity contribution in [1.82, 2.24) is 9.80 Å². The molecule has 23 heavy (non-hydrogen) atoms. The number of rotatable bonds is 8. The lowest BCUT2D eigenvalue weighted by Crippen LogP contribution is -2.45. The number of ether oxygens (including phenoxy) is 2. The molecule has 1 atom stereocenters. The van der Waals surface area contributed by atoms with Crippen LogP contribution in [0.1, 0.15) is 18.4 Å². The van der Waals surface area contributed by atoms with Crippen LogP contribution in [0.25, 0.3) is 0 Å². The maximum Gasteiger partial charge on any atom is 0.123 e. The fraction of sp³-hybridized carbons (Fsp3) is 0.667. The van der Waals surface area contributed by atoms with Crippen molar-refractivity contribution in [1.29, 1.82) is 0 Å². The maximum absolute atomic E-state index is 10.5. The number of morpholine rings is 1. The van der Waals surface area contributed by atoms with Crippen LogP contribution >= 0.6 is 0 Å². The third kappa shape index (κ3) is 4.91. The quantitative estimate of drug-likeness (QED) is 0.783. The second-order valence-corrected chi connectivity index (χ2v) is 6.54. The van der Waals surface area contributed by atoms with Gasteiger partial charge in [0, 0.05) is 44.3 Å². The molecule has 2 fully saturated rings. The highest BCUT2D eigenvalue weighted by Gasteiger charge is 2.31. The molecule has 2 aliphatic rings. The number of hydrogen-bond donors (Lipinski definition) is 1. The van der Waals surface area contributed by atoms with Gasteiger partial charge in [-0.1, -0.05) is 18.2 Å². The van der Waals surface area contributed by atoms with E-state index in [-0.39, 0.29) is 6.10 Å². The minimum atomic E-state index is -0.316. The van der Waals surface area contributed by atoms with Gasteiger partial charge in [0.15, 0.2) is 0 Å². The van der Waals surface area contributed by atoms with E-state index in [2.05, 4.69) is 15.9 Å². The Labute approximate surface area is 138 Å². The van der Waals surface area contributed by atoms with Crippen LogP contribution in [-0.2, 0) is 11.3 Å². The van der Waals surface area contributed by atoms with Gasteiger partial charge in [0.2, 0.25) is 0 Å². The Morgan fingerprint density at radius 3 is 2.74 bits per heavy atom. The summed E-state index contributed by atoms with van der Waals surface area (Å²) in [7, 11) is 1.72. The summed E-state index contributed by atoms with van der Waals surface area (Å²) in [6.07, 6.45) is 2.15. The number of aliphatic hydroxyl groups is 1. The number of β-amino-alcohol motifs (C(OH)–C–C–N with tert-alkyl or cyclic N) is 1. The van der Waals surface area contributed by atoms with Crippen LogP contribution in [0, 0.1) is 0 Å². The van der Waals surface area contributed by atoms with Crippen LogP contribution in [0.2, 0.25) is 0 Å². The van der Waals surface area contributed by atoms with E-state index in [1.807, 2.05) is 18.2 Å². The molecule has 0 bridgehead atoms. The molecule has 0 amide bonds. The third-order valence-corrected chi connectivity index (χ3v) is 4.65. The molecule has 0 aromatic heterocycles. The van der Waals surface area contributed by atoms with Crippen molar-refractivity contribution < 1.29 is 14.6 Å². The van der Waals surface area contributed by atoms with E-state index in [0.717, 1.165) is 51.7 Å². The van der Waals surface area contributed by atoms with Crippen LogP contribution in [0.5, 0.6) is 5.75 Å². The lowest BCUT2D eigenvalue weighted by atomic mass is 10.1. The third-order valence-electron chi connectivity index (χ3n) is 4.65. The van der Waals surface area contributed by atoms with Crippen molar-refractivity contribution in [3.8, 4) is 5.75 Å². The summed E-state index contributed by atoms with van der Waals surface area (Å²) < 4.78 is 10.8. The summed E-state index contributed by atoms with van der Waals surface area (Å²) in [4.78, 5) is 4.70. The zero-order valence-electron chi connectivity index (χ0n) is 14.0. The highest BCUT2D eigenvalue weighted by molar-refractivity contribution is 5.33. The first-order valence-electron chi connectivity index (χ1n) is 8.60. The number of methoxy groups -OCH3 is 1. The Morgan fingerprint density at radius 2 is 2.04 bits per heavy atom. The molecule has 128 valence electrons. The van der Waals surface area contributed by atoms with Gasteiger partial charge in [0.05, 0.1) is 26.4 Å². The standard InChI is InChI=1S/C18H28N2O3/c1-22-18-5-3-2-4-15(18)12-20(16-6-7-16)14-17(21)13-19-8-10-23-11-9-19/h2-5,16-17,21H,6-14H2,1H3. The van der Waals surface area contributed by atoms with Crippen LogP contribution in [0.4, 0.5) is 0 Å². The van der Waals surface area contributed by atoms with E-state index in [9.17, 15) is 5.11 Å². The average Bonchev–Trinajstić information content (AvgIpc) is 3.40. The summed E-state index contributed by atoms with van der Waals surface area (Å²) >= 11 is 0. The van der Waals surface area contributed by atoms with Gasteiger partial charge in [0.1, 0.15) is 5.75 Å². The smallest absolute Gasteiger partial charge is 0.123 e. The van der Waals surface area contributed by atoms with Gasteiger partial charge in [-0.15, -0.1) is 0 Å². The first-order valence-corrected chi connectivity index (χ1v) is 8.60. The lowest BCUT2D eigenvalue weighted by molar-refractivity contribution is 0.00546. The van der Waals surface area contributed by atoms with Crippen molar-refractivity contribution in [2.75, 3.05) is 46.5 Å². The molecule has 1 unspecified atom stereocenters. The fourth-order valence-electron chi connectivity index (χ4n) is 3.25. The fourth-order valence-corrected chi connectivity index (χ4v) is 3.25. The molecule has 1 heterocycles. The number of benzene rings is 1. The molecule has 5 nitrogen and oxygen atoms in total. The predicted octanol–water partition coefficient (Wildman–Crippen LogP) is 1.35. The van der Waals surface area contributed by atoms with E-state index < -0.39 is 0 Å². The second kappa shape index (κ2) is 8.11. The second-order valence-electron chi connectivity index (χ2n) is 6.54. The molecule has 0 radical (unpaired) electrons. The molecule has 1 saturated heterocycles. The molecular weight excluding hydrogens is 292 g/mol. The highest BCUT2D eigenvalue weighted by Crippen LogP contribution is 2.30. The lowest BCUT2D eigenvalue weighted by Gasteiger charge is -2.31. The zero-order valence-corrected chi connectivity index (χ0v) is 14.0. The Bertz CT molecular complexity index is 487. The number of aliphatic hydroxyl groups excluding tert-OH is 1. The topological polar surface area (TPSA) is 45.2 Å². The maximum atomic E-state index is 10.5. The molecule has 1 saturated carbocycles. The molecule has 1 aromatic carbocycles. The number of para-hydroxylation sites is 1. The molecule has 3 rings (SSSR count). The summed E-state index contributed by atoms with van der Waals surface area (Å²) in [6.45, 7) is 5.70. The van der Waals surface area contributed by atoms with Gasteiger partial charge in [-0.05, 0) is 18.9 Å². The van der Waals surface area contributed by atoms with E-state index in [4.69, 9.17) is 9.47 Å². The van der Waals surface area contributed by atoms with Crippen molar-refractivity contribution in [2.24, 2.45) is 0 Å². The van der Waals surface area contributed by atoms with Crippen LogP contribution < -0.4 is 4.74 Å². The van der Waals surface area contributed by atoms with E-state index >= 15 is 0 Å². The molecule has 1 aliphatic carbocycles. The average molecular weight is 320 g/mol. The van der Waals surface area contributed by atoms with E-state index in [0.29, 0.717) is 6.04 Å². The first-order chi connectivity index (χ1) is 11.3. The van der Waals surface area contributed by atoms with Gasteiger partial charge in [-0.2, -0.15) is 0 Å². The summed E-state index contributed by atoms with van der Waals surface area (Å²) in [5.74, 6) is 0.931. The van der Waals surface area contributed by atoms with E-state index in [1.165, 1.54) is 18.4 Å². The number of nitrogens with zero attached hydrogens (tertiary/aromatic N) is 2. The zero-order chi connectivity index (χ0) is 16.1. The molecule has 5 heteroatoms. The Morgan fingerprint density at radius 1 is 1.30 bits per heavy atom. The van der Waals surface area contributed by atoms with Crippen molar-refractivity contribution >= 4 is 0 Å². The highest BCUT2D eigenvalue weighted by atomic mass is 16.5. The largest absolute Gasteiger partial charge is 0.496 e. The molecule has 1 aliphatic heterocycles. The number of hydrogen-bond acceptors (Lipinski definition) is 5. The predicted molar refractivity (Wildman–Crippen MR) is 89.7 cm³/mol. The monoisotopic (exact) mass is 320 g/mol. The normalized spacial score (nSPS) is 20.7. The van der Waals surface area contributed by atoms with Crippen LogP contribution in [-0.4, -0.2) is 73.6 Å². The van der Waals surface area contributed by atoms with Gasteiger partial charge >= 0.3 is 0 Å².